The molecule has 1 aliphatic rings. The molecule has 3 rings (SSSR count). The highest BCUT2D eigenvalue weighted by Crippen LogP contribution is 2.18. The summed E-state index contributed by atoms with van der Waals surface area (Å²) in [6.45, 7) is 2.79. The largest absolute Gasteiger partial charge is 0.337 e. The van der Waals surface area contributed by atoms with Gasteiger partial charge in [-0.15, -0.1) is 11.3 Å². The van der Waals surface area contributed by atoms with E-state index in [0.717, 1.165) is 17.8 Å². The summed E-state index contributed by atoms with van der Waals surface area (Å²) in [4.78, 5) is 37.3. The molecule has 0 spiro atoms. The lowest BCUT2D eigenvalue weighted by Crippen LogP contribution is -2.41. The van der Waals surface area contributed by atoms with Gasteiger partial charge in [0.25, 0.3) is 11.5 Å². The molecular weight excluding hydrogens is 314 g/mol. The van der Waals surface area contributed by atoms with E-state index < -0.39 is 5.56 Å². The van der Waals surface area contributed by atoms with E-state index in [9.17, 15) is 9.59 Å². The average molecular weight is 329 g/mol. The second kappa shape index (κ2) is 6.30. The van der Waals surface area contributed by atoms with Crippen LogP contribution >= 0.6 is 11.3 Å². The molecule has 1 atom stereocenters. The van der Waals surface area contributed by atoms with Crippen LogP contribution in [0, 0.1) is 24.2 Å². The van der Waals surface area contributed by atoms with Crippen LogP contribution in [0.5, 0.6) is 0 Å². The Bertz CT molecular complexity index is 835. The quantitative estimate of drug-likeness (QED) is 0.901. The van der Waals surface area contributed by atoms with Crippen molar-refractivity contribution in [2.75, 3.05) is 13.1 Å². The molecule has 0 radical (unpaired) electrons. The topological polar surface area (TPSA) is 103 Å². The number of thiazole rings is 1. The molecule has 2 aromatic rings. The lowest BCUT2D eigenvalue weighted by molar-refractivity contribution is 0.0696. The van der Waals surface area contributed by atoms with E-state index in [1.165, 1.54) is 17.5 Å². The predicted molar refractivity (Wildman–Crippen MR) is 84.9 cm³/mol. The number of aromatic nitrogens is 3. The molecule has 0 aliphatic carbocycles. The maximum absolute atomic E-state index is 12.5. The highest BCUT2D eigenvalue weighted by Gasteiger charge is 2.26. The van der Waals surface area contributed by atoms with Crippen molar-refractivity contribution in [3.05, 3.63) is 32.5 Å². The molecule has 1 aliphatic heterocycles. The first-order valence-electron chi connectivity index (χ1n) is 7.29. The highest BCUT2D eigenvalue weighted by molar-refractivity contribution is 7.09. The van der Waals surface area contributed by atoms with Crippen molar-refractivity contribution in [1.29, 1.82) is 5.26 Å². The predicted octanol–water partition coefficient (Wildman–Crippen LogP) is 1.58. The Morgan fingerprint density at radius 3 is 3.04 bits per heavy atom. The minimum absolute atomic E-state index is 0.000656. The van der Waals surface area contributed by atoms with Gasteiger partial charge >= 0.3 is 0 Å². The number of nitriles is 1. The Labute approximate surface area is 136 Å². The van der Waals surface area contributed by atoms with Crippen molar-refractivity contribution in [3.8, 4) is 17.6 Å². The molecule has 0 bridgehead atoms. The average Bonchev–Trinajstić information content (AvgIpc) is 3.00. The number of nitrogens with zero attached hydrogens (tertiary/aromatic N) is 4. The fraction of sp³-hybridized carbons (Fsp3) is 0.400. The van der Waals surface area contributed by atoms with E-state index >= 15 is 0 Å². The summed E-state index contributed by atoms with van der Waals surface area (Å²) >= 11 is 1.46. The zero-order valence-corrected chi connectivity index (χ0v) is 13.4. The molecule has 1 N–H and O–H groups in total. The van der Waals surface area contributed by atoms with Gasteiger partial charge in [-0.1, -0.05) is 0 Å². The Hall–Kier alpha value is -2.53. The number of hydrogen-bond donors (Lipinski definition) is 1. The third-order valence-corrected chi connectivity index (χ3v) is 4.56. The molecule has 3 heterocycles. The summed E-state index contributed by atoms with van der Waals surface area (Å²) in [5, 5.41) is 11.7. The van der Waals surface area contributed by atoms with E-state index in [2.05, 4.69) is 21.0 Å². The minimum atomic E-state index is -0.482. The molecule has 1 unspecified atom stereocenters. The second-order valence-electron chi connectivity index (χ2n) is 5.45. The third-order valence-electron chi connectivity index (χ3n) is 3.78. The lowest BCUT2D eigenvalue weighted by Gasteiger charge is -2.29. The van der Waals surface area contributed by atoms with Gasteiger partial charge in [-0.3, -0.25) is 9.59 Å². The number of likely N-dealkylation sites (tertiary alicyclic amines) is 1. The van der Waals surface area contributed by atoms with E-state index in [4.69, 9.17) is 5.26 Å². The zero-order valence-electron chi connectivity index (χ0n) is 12.6. The van der Waals surface area contributed by atoms with Gasteiger partial charge in [0.2, 0.25) is 0 Å². The Morgan fingerprint density at radius 2 is 2.39 bits per heavy atom. The summed E-state index contributed by atoms with van der Waals surface area (Å²) < 4.78 is 0. The van der Waals surface area contributed by atoms with Crippen LogP contribution in [0.2, 0.25) is 0 Å². The number of piperidine rings is 1. The first kappa shape index (κ1) is 15.4. The fourth-order valence-electron chi connectivity index (χ4n) is 2.59. The number of carbonyl (C=O) groups is 1. The van der Waals surface area contributed by atoms with E-state index in [0.29, 0.717) is 24.6 Å². The molecular formula is C15H15N5O2S. The van der Waals surface area contributed by atoms with Crippen molar-refractivity contribution in [1.82, 2.24) is 19.9 Å². The zero-order chi connectivity index (χ0) is 16.4. The summed E-state index contributed by atoms with van der Waals surface area (Å²) in [5.41, 5.74) is 0.107. The number of amides is 1. The maximum Gasteiger partial charge on any atom is 0.264 e. The van der Waals surface area contributed by atoms with Crippen LogP contribution in [0.3, 0.4) is 0 Å². The highest BCUT2D eigenvalue weighted by atomic mass is 32.1. The molecule has 8 heteroatoms. The number of aryl methyl sites for hydroxylation is 1. The van der Waals surface area contributed by atoms with Gasteiger partial charge in [0.15, 0.2) is 5.82 Å². The lowest BCUT2D eigenvalue weighted by atomic mass is 9.99. The van der Waals surface area contributed by atoms with Gasteiger partial charge in [-0.2, -0.15) is 5.26 Å². The maximum atomic E-state index is 12.5. The van der Waals surface area contributed by atoms with Crippen LogP contribution < -0.4 is 5.56 Å². The molecule has 0 aromatic carbocycles. The SMILES string of the molecule is Cc1nc(-c2ncc(C(=O)N3CCCC(C#N)C3)c(=O)[nH]2)cs1. The van der Waals surface area contributed by atoms with E-state index in [1.54, 1.807) is 10.3 Å². The van der Waals surface area contributed by atoms with Crippen LogP contribution in [-0.4, -0.2) is 38.8 Å². The summed E-state index contributed by atoms with van der Waals surface area (Å²) in [6.07, 6.45) is 2.85. The number of hydrogen-bond acceptors (Lipinski definition) is 6. The Kier molecular flexibility index (Phi) is 4.21. The van der Waals surface area contributed by atoms with Crippen molar-refractivity contribution in [3.63, 3.8) is 0 Å². The van der Waals surface area contributed by atoms with E-state index in [-0.39, 0.29) is 17.4 Å². The molecule has 23 heavy (non-hydrogen) atoms. The van der Waals surface area contributed by atoms with E-state index in [1.807, 2.05) is 6.92 Å². The smallest absolute Gasteiger partial charge is 0.264 e. The van der Waals surface area contributed by atoms with Gasteiger partial charge in [-0.05, 0) is 19.8 Å². The van der Waals surface area contributed by atoms with Crippen LogP contribution in [0.4, 0.5) is 0 Å². The van der Waals surface area contributed by atoms with Gasteiger partial charge in [0.05, 0.1) is 17.0 Å². The normalized spacial score (nSPS) is 17.7. The van der Waals surface area contributed by atoms with Gasteiger partial charge < -0.3 is 9.88 Å². The number of H-pyrrole nitrogens is 1. The molecule has 0 saturated carbocycles. The molecule has 7 nitrogen and oxygen atoms in total. The standard InChI is InChI=1S/C15H15N5O2S/c1-9-18-12(8-23-9)13-17-6-11(14(21)19-13)15(22)20-4-2-3-10(5-16)7-20/h6,8,10H,2-4,7H2,1H3,(H,17,19,21). The van der Waals surface area contributed by atoms with Crippen LogP contribution in [0.15, 0.2) is 16.4 Å². The Morgan fingerprint density at radius 1 is 1.57 bits per heavy atom. The molecule has 2 aromatic heterocycles. The second-order valence-corrected chi connectivity index (χ2v) is 6.51. The summed E-state index contributed by atoms with van der Waals surface area (Å²) in [5.74, 6) is -0.193. The number of nitrogens with one attached hydrogen (secondary N) is 1. The molecule has 1 fully saturated rings. The minimum Gasteiger partial charge on any atom is -0.337 e. The fourth-order valence-corrected chi connectivity index (χ4v) is 3.18. The number of rotatable bonds is 2. The third kappa shape index (κ3) is 3.14. The van der Waals surface area contributed by atoms with Crippen molar-refractivity contribution >= 4 is 17.2 Å². The molecule has 1 amide bonds. The number of carbonyl (C=O) groups excluding carboxylic acids is 1. The molecule has 118 valence electrons. The summed E-state index contributed by atoms with van der Waals surface area (Å²) in [6, 6.07) is 2.19. The van der Waals surface area contributed by atoms with Crippen molar-refractivity contribution in [2.45, 2.75) is 19.8 Å². The first-order valence-corrected chi connectivity index (χ1v) is 8.17. The monoisotopic (exact) mass is 329 g/mol. The van der Waals surface area contributed by atoms with Crippen LogP contribution in [-0.2, 0) is 0 Å². The van der Waals surface area contributed by atoms with Crippen molar-refractivity contribution in [2.24, 2.45) is 5.92 Å². The van der Waals surface area contributed by atoms with Crippen LogP contribution in [0.1, 0.15) is 28.2 Å². The van der Waals surface area contributed by atoms with Gasteiger partial charge in [0, 0.05) is 24.7 Å². The molecule has 1 saturated heterocycles. The van der Waals surface area contributed by atoms with Crippen LogP contribution in [0.25, 0.3) is 11.5 Å². The van der Waals surface area contributed by atoms with Gasteiger partial charge in [0.1, 0.15) is 11.3 Å². The van der Waals surface area contributed by atoms with Gasteiger partial charge in [-0.25, -0.2) is 9.97 Å². The Balaban J connectivity index is 1.85. The summed E-state index contributed by atoms with van der Waals surface area (Å²) in [7, 11) is 0. The van der Waals surface area contributed by atoms with Crippen molar-refractivity contribution < 1.29 is 4.79 Å². The first-order chi connectivity index (χ1) is 11.1. The number of aromatic amines is 1.